The normalized spacial score (nSPS) is 24.0. The van der Waals surface area contributed by atoms with Crippen LogP contribution in [0.1, 0.15) is 50.5 Å². The van der Waals surface area contributed by atoms with Crippen molar-refractivity contribution in [3.63, 3.8) is 0 Å². The number of nitrogens with zero attached hydrogens (tertiary/aromatic N) is 2. The molecule has 1 aromatic carbocycles. The monoisotopic (exact) mass is 240 g/mol. The smallest absolute Gasteiger partial charge is 0.0655 e. The third-order valence-corrected chi connectivity index (χ3v) is 3.70. The Balaban J connectivity index is 1.98. The first-order valence-corrected chi connectivity index (χ1v) is 6.85. The van der Waals surface area contributed by atoms with E-state index in [4.69, 9.17) is 5.26 Å². The maximum absolute atomic E-state index is 8.90. The molecule has 18 heavy (non-hydrogen) atoms. The predicted molar refractivity (Wildman–Crippen MR) is 75.2 cm³/mol. The molecule has 94 valence electrons. The van der Waals surface area contributed by atoms with Gasteiger partial charge >= 0.3 is 0 Å². The molecule has 2 rings (SSSR count). The van der Waals surface area contributed by atoms with Crippen LogP contribution in [0.25, 0.3) is 0 Å². The molecule has 2 heteroatoms. The van der Waals surface area contributed by atoms with E-state index in [0.717, 1.165) is 37.8 Å². The minimum atomic E-state index is 0.287. The molecule has 0 radical (unpaired) electrons. The molecule has 0 saturated heterocycles. The summed E-state index contributed by atoms with van der Waals surface area (Å²) in [5.74, 6) is 0.925. The second-order valence-electron chi connectivity index (χ2n) is 4.99. The van der Waals surface area contributed by atoms with Crippen LogP contribution in [0.4, 0.5) is 5.69 Å². The molecular weight excluding hydrogens is 220 g/mol. The largest absolute Gasteiger partial charge is 0.261 e. The van der Waals surface area contributed by atoms with Crippen molar-refractivity contribution in [3.8, 4) is 6.07 Å². The quantitative estimate of drug-likeness (QED) is 0.711. The molecule has 0 unspecified atom stereocenters. The molecule has 0 N–H and O–H groups in total. The van der Waals surface area contributed by atoms with Crippen molar-refractivity contribution >= 4 is 11.9 Å². The summed E-state index contributed by atoms with van der Waals surface area (Å²) in [6, 6.07) is 11.0. The molecule has 0 aromatic heterocycles. The fraction of sp³-hybridized carbons (Fsp3) is 0.500. The van der Waals surface area contributed by atoms with Gasteiger partial charge in [0, 0.05) is 12.1 Å². The Labute approximate surface area is 109 Å². The van der Waals surface area contributed by atoms with E-state index in [1.165, 1.54) is 5.56 Å². The van der Waals surface area contributed by atoms with E-state index in [1.54, 1.807) is 0 Å². The number of hydrogen-bond donors (Lipinski definition) is 0. The first kappa shape index (κ1) is 12.8. The highest BCUT2D eigenvalue weighted by Crippen LogP contribution is 2.35. The van der Waals surface area contributed by atoms with E-state index in [9.17, 15) is 0 Å². The molecular formula is C16H20N2. The van der Waals surface area contributed by atoms with E-state index < -0.39 is 0 Å². The molecule has 0 heterocycles. The highest BCUT2D eigenvalue weighted by Gasteiger charge is 2.21. The highest BCUT2D eigenvalue weighted by molar-refractivity contribution is 5.62. The second kappa shape index (κ2) is 6.35. The highest BCUT2D eigenvalue weighted by atomic mass is 14.7. The van der Waals surface area contributed by atoms with Gasteiger partial charge in [0.1, 0.15) is 0 Å². The summed E-state index contributed by atoms with van der Waals surface area (Å²) >= 11 is 0. The lowest BCUT2D eigenvalue weighted by Crippen LogP contribution is -2.11. The topological polar surface area (TPSA) is 36.1 Å². The van der Waals surface area contributed by atoms with Crippen molar-refractivity contribution in [1.29, 1.82) is 5.26 Å². The van der Waals surface area contributed by atoms with Gasteiger partial charge in [-0.25, -0.2) is 0 Å². The Morgan fingerprint density at radius 2 is 1.89 bits per heavy atom. The Hall–Kier alpha value is -1.62. The van der Waals surface area contributed by atoms with Gasteiger partial charge in [0.2, 0.25) is 0 Å². The Morgan fingerprint density at radius 3 is 2.44 bits per heavy atom. The molecule has 1 saturated carbocycles. The maximum atomic E-state index is 8.90. The lowest BCUT2D eigenvalue weighted by Gasteiger charge is -2.25. The molecule has 1 aliphatic carbocycles. The van der Waals surface area contributed by atoms with Crippen molar-refractivity contribution in [1.82, 2.24) is 0 Å². The average molecular weight is 240 g/mol. The molecule has 0 amide bonds. The summed E-state index contributed by atoms with van der Waals surface area (Å²) in [5, 5.41) is 8.90. The van der Waals surface area contributed by atoms with Gasteiger partial charge in [0.05, 0.1) is 11.8 Å². The van der Waals surface area contributed by atoms with Crippen LogP contribution < -0.4 is 0 Å². The zero-order valence-electron chi connectivity index (χ0n) is 11.0. The standard InChI is InChI=1S/C16H20N2/c1-2-11-18-16-9-7-15(8-10-16)14-5-3-13(12-17)4-6-14/h7-11,13-14H,2-6H2,1H3. The number of benzene rings is 1. The Kier molecular flexibility index (Phi) is 4.52. The van der Waals surface area contributed by atoms with Crippen LogP contribution in [0.2, 0.25) is 0 Å². The van der Waals surface area contributed by atoms with Gasteiger partial charge in [0.25, 0.3) is 0 Å². The molecule has 2 nitrogen and oxygen atoms in total. The fourth-order valence-corrected chi connectivity index (χ4v) is 2.59. The van der Waals surface area contributed by atoms with Crippen molar-refractivity contribution in [3.05, 3.63) is 29.8 Å². The van der Waals surface area contributed by atoms with Crippen LogP contribution in [0.5, 0.6) is 0 Å². The molecule has 0 bridgehead atoms. The van der Waals surface area contributed by atoms with Crippen molar-refractivity contribution in [2.24, 2.45) is 10.9 Å². The second-order valence-corrected chi connectivity index (χ2v) is 4.99. The van der Waals surface area contributed by atoms with Crippen molar-refractivity contribution < 1.29 is 0 Å². The van der Waals surface area contributed by atoms with Crippen LogP contribution in [0.3, 0.4) is 0 Å². The summed E-state index contributed by atoms with van der Waals surface area (Å²) in [5.41, 5.74) is 2.44. The molecule has 0 spiro atoms. The van der Waals surface area contributed by atoms with E-state index >= 15 is 0 Å². The minimum absolute atomic E-state index is 0.287. The molecule has 0 atom stereocenters. The number of rotatable bonds is 3. The lowest BCUT2D eigenvalue weighted by molar-refractivity contribution is 0.382. The first-order valence-electron chi connectivity index (χ1n) is 6.85. The number of aliphatic imine (C=N–C) groups is 1. The average Bonchev–Trinajstić information content (AvgIpc) is 2.46. The fourth-order valence-electron chi connectivity index (χ4n) is 2.59. The van der Waals surface area contributed by atoms with Gasteiger partial charge in [0.15, 0.2) is 0 Å². The summed E-state index contributed by atoms with van der Waals surface area (Å²) in [7, 11) is 0. The summed E-state index contributed by atoms with van der Waals surface area (Å²) in [6.07, 6.45) is 7.31. The third-order valence-electron chi connectivity index (χ3n) is 3.70. The van der Waals surface area contributed by atoms with E-state index in [0.29, 0.717) is 5.92 Å². The Morgan fingerprint density at radius 1 is 1.22 bits per heavy atom. The number of hydrogen-bond acceptors (Lipinski definition) is 2. The van der Waals surface area contributed by atoms with Crippen LogP contribution in [0, 0.1) is 17.2 Å². The Bertz CT molecular complexity index is 431. The van der Waals surface area contributed by atoms with Crippen molar-refractivity contribution in [2.75, 3.05) is 0 Å². The van der Waals surface area contributed by atoms with Crippen molar-refractivity contribution in [2.45, 2.75) is 44.9 Å². The zero-order chi connectivity index (χ0) is 12.8. The van der Waals surface area contributed by atoms with E-state index in [-0.39, 0.29) is 5.92 Å². The van der Waals surface area contributed by atoms with Crippen LogP contribution in [-0.2, 0) is 0 Å². The SMILES string of the molecule is CCC=Nc1ccc(C2CCC(C#N)CC2)cc1. The lowest BCUT2D eigenvalue weighted by atomic mass is 9.79. The molecule has 1 aromatic rings. The van der Waals surface area contributed by atoms with E-state index in [1.807, 2.05) is 6.21 Å². The molecule has 1 fully saturated rings. The molecule has 0 aliphatic heterocycles. The zero-order valence-corrected chi connectivity index (χ0v) is 11.0. The summed E-state index contributed by atoms with van der Waals surface area (Å²) in [4.78, 5) is 4.37. The number of nitriles is 1. The predicted octanol–water partition coefficient (Wildman–Crippen LogP) is 4.60. The van der Waals surface area contributed by atoms with E-state index in [2.05, 4.69) is 42.3 Å². The summed E-state index contributed by atoms with van der Waals surface area (Å²) < 4.78 is 0. The van der Waals surface area contributed by atoms with Crippen LogP contribution >= 0.6 is 0 Å². The maximum Gasteiger partial charge on any atom is 0.0655 e. The van der Waals surface area contributed by atoms with Crippen LogP contribution in [0.15, 0.2) is 29.3 Å². The van der Waals surface area contributed by atoms with Gasteiger partial charge in [-0.3, -0.25) is 4.99 Å². The van der Waals surface area contributed by atoms with Gasteiger partial charge in [-0.1, -0.05) is 19.1 Å². The van der Waals surface area contributed by atoms with Gasteiger partial charge in [-0.15, -0.1) is 0 Å². The van der Waals surface area contributed by atoms with Gasteiger partial charge in [-0.05, 0) is 55.7 Å². The molecule has 1 aliphatic rings. The van der Waals surface area contributed by atoms with Crippen LogP contribution in [-0.4, -0.2) is 6.21 Å². The van der Waals surface area contributed by atoms with Gasteiger partial charge < -0.3 is 0 Å². The minimum Gasteiger partial charge on any atom is -0.261 e. The third kappa shape index (κ3) is 3.20. The first-order chi connectivity index (χ1) is 8.83. The van der Waals surface area contributed by atoms with Gasteiger partial charge in [-0.2, -0.15) is 5.26 Å². The summed E-state index contributed by atoms with van der Waals surface area (Å²) in [6.45, 7) is 2.09.